The summed E-state index contributed by atoms with van der Waals surface area (Å²) in [5, 5.41) is 0.724. The number of pyridine rings is 1. The molecule has 45 heavy (non-hydrogen) atoms. The van der Waals surface area contributed by atoms with Crippen molar-refractivity contribution in [3.05, 3.63) is 78.3 Å². The average molecular weight is 635 g/mol. The molecule has 1 amide bonds. The van der Waals surface area contributed by atoms with Gasteiger partial charge in [0.05, 0.1) is 12.6 Å². The van der Waals surface area contributed by atoms with Crippen LogP contribution in [-0.2, 0) is 19.6 Å². The zero-order valence-corrected chi connectivity index (χ0v) is 25.0. The number of anilines is 2. The van der Waals surface area contributed by atoms with Crippen LogP contribution in [0.2, 0.25) is 0 Å². The summed E-state index contributed by atoms with van der Waals surface area (Å²) >= 11 is 0. The molecule has 1 aliphatic carbocycles. The molecule has 1 N–H and O–H groups in total. The summed E-state index contributed by atoms with van der Waals surface area (Å²) in [6.07, 6.45) is 6.20. The number of allylic oxidation sites excluding steroid dienone is 1. The summed E-state index contributed by atoms with van der Waals surface area (Å²) in [5.41, 5.74) is 2.26. The molecule has 1 saturated heterocycles. The van der Waals surface area contributed by atoms with Gasteiger partial charge >= 0.3 is 0 Å². The first-order valence-corrected chi connectivity index (χ1v) is 15.7. The number of hydrogen-bond donors (Lipinski definition) is 1. The van der Waals surface area contributed by atoms with Gasteiger partial charge in [-0.2, -0.15) is 0 Å². The molecule has 0 radical (unpaired) electrons. The Morgan fingerprint density at radius 2 is 1.71 bits per heavy atom. The number of halogens is 2. The van der Waals surface area contributed by atoms with Crippen molar-refractivity contribution >= 4 is 44.1 Å². The van der Waals surface area contributed by atoms with Crippen molar-refractivity contribution in [2.45, 2.75) is 24.2 Å². The van der Waals surface area contributed by atoms with Crippen LogP contribution in [-0.4, -0.2) is 73.2 Å². The third-order valence-corrected chi connectivity index (χ3v) is 9.19. The minimum absolute atomic E-state index is 0.0120. The maximum Gasteiger partial charge on any atom is 0.267 e. The lowest BCUT2D eigenvalue weighted by Crippen LogP contribution is -2.49. The van der Waals surface area contributed by atoms with Crippen molar-refractivity contribution in [2.75, 3.05) is 42.9 Å². The predicted molar refractivity (Wildman–Crippen MR) is 162 cm³/mol. The third-order valence-electron chi connectivity index (χ3n) is 7.77. The topological polar surface area (TPSA) is 135 Å². The molecule has 6 rings (SSSR count). The lowest BCUT2D eigenvalue weighted by Gasteiger charge is -2.36. The van der Waals surface area contributed by atoms with Crippen molar-refractivity contribution < 1.29 is 31.5 Å². The van der Waals surface area contributed by atoms with E-state index < -0.39 is 26.6 Å². The number of carbonyl (C=O) groups is 2. The molecule has 2 aromatic heterocycles. The molecule has 11 nitrogen and oxygen atoms in total. The van der Waals surface area contributed by atoms with E-state index in [1.165, 1.54) is 31.8 Å². The minimum atomic E-state index is -4.68. The minimum Gasteiger partial charge on any atom is -0.480 e. The molecule has 232 valence electrons. The van der Waals surface area contributed by atoms with E-state index in [2.05, 4.69) is 24.6 Å². The normalized spacial score (nSPS) is 15.6. The first-order chi connectivity index (χ1) is 21.6. The number of hydrogen-bond acceptors (Lipinski definition) is 9. The van der Waals surface area contributed by atoms with Gasteiger partial charge in [-0.05, 0) is 54.8 Å². The van der Waals surface area contributed by atoms with E-state index in [1.54, 1.807) is 17.0 Å². The van der Waals surface area contributed by atoms with Gasteiger partial charge in [-0.15, -0.1) is 0 Å². The molecule has 3 heterocycles. The van der Waals surface area contributed by atoms with Gasteiger partial charge in [-0.3, -0.25) is 14.3 Å². The second kappa shape index (κ2) is 12.2. The smallest absolute Gasteiger partial charge is 0.267 e. The highest BCUT2D eigenvalue weighted by molar-refractivity contribution is 7.92. The fraction of sp³-hybridized carbons (Fsp3) is 0.258. The lowest BCUT2D eigenvalue weighted by molar-refractivity contribution is -0.128. The second-order valence-electron chi connectivity index (χ2n) is 10.6. The number of carbonyl (C=O) groups excluding carboxylic acids is 2. The Balaban J connectivity index is 1.27. The first kappa shape index (κ1) is 30.1. The predicted octanol–water partition coefficient (Wildman–Crippen LogP) is 4.11. The molecular formula is C31H28F2N6O5S. The molecule has 14 heteroatoms. The number of sulfonamides is 1. The highest BCUT2D eigenvalue weighted by Gasteiger charge is 2.28. The Hall–Kier alpha value is -4.98. The number of benzene rings is 2. The number of amides is 1. The number of rotatable bonds is 7. The van der Waals surface area contributed by atoms with Crippen molar-refractivity contribution in [1.29, 1.82) is 0 Å². The van der Waals surface area contributed by atoms with Crippen LogP contribution in [0.4, 0.5) is 20.3 Å². The molecule has 4 aromatic rings. The largest absolute Gasteiger partial charge is 0.480 e. The number of piperazine rings is 1. The highest BCUT2D eigenvalue weighted by Crippen LogP contribution is 2.34. The van der Waals surface area contributed by atoms with E-state index in [4.69, 9.17) is 4.74 Å². The molecule has 1 aliphatic heterocycles. The fourth-order valence-electron chi connectivity index (χ4n) is 5.54. The van der Waals surface area contributed by atoms with Gasteiger partial charge < -0.3 is 14.5 Å². The first-order valence-electron chi connectivity index (χ1n) is 14.2. The Morgan fingerprint density at radius 3 is 2.42 bits per heavy atom. The zero-order valence-electron chi connectivity index (χ0n) is 24.2. The monoisotopic (exact) mass is 634 g/mol. The van der Waals surface area contributed by atoms with Crippen molar-refractivity contribution in [1.82, 2.24) is 19.9 Å². The zero-order chi connectivity index (χ0) is 31.7. The number of nitrogens with zero attached hydrogens (tertiary/aromatic N) is 5. The van der Waals surface area contributed by atoms with Crippen molar-refractivity contribution in [3.63, 3.8) is 0 Å². The molecule has 0 atom stereocenters. The summed E-state index contributed by atoms with van der Waals surface area (Å²) < 4.78 is 62.0. The number of aromatic nitrogens is 3. The van der Waals surface area contributed by atoms with Gasteiger partial charge in [0.25, 0.3) is 10.0 Å². The van der Waals surface area contributed by atoms with Crippen LogP contribution in [0.5, 0.6) is 5.88 Å². The van der Waals surface area contributed by atoms with Gasteiger partial charge in [0, 0.05) is 55.3 Å². The average Bonchev–Trinajstić information content (AvgIpc) is 3.03. The van der Waals surface area contributed by atoms with Crippen LogP contribution in [0.3, 0.4) is 0 Å². The number of fused-ring (bicyclic) bond motifs is 1. The molecular weight excluding hydrogens is 606 g/mol. The Bertz CT molecular complexity index is 1940. The van der Waals surface area contributed by atoms with Gasteiger partial charge in [0.15, 0.2) is 10.7 Å². The highest BCUT2D eigenvalue weighted by atomic mass is 32.2. The summed E-state index contributed by atoms with van der Waals surface area (Å²) in [6, 6.07) is 9.67. The molecule has 2 aliphatic rings. The van der Waals surface area contributed by atoms with Crippen LogP contribution in [0.25, 0.3) is 22.0 Å². The van der Waals surface area contributed by atoms with Crippen LogP contribution in [0.1, 0.15) is 19.3 Å². The number of nitrogens with one attached hydrogen (secondary N) is 1. The summed E-state index contributed by atoms with van der Waals surface area (Å²) in [6.45, 7) is 1.96. The number of ketones is 1. The van der Waals surface area contributed by atoms with Crippen LogP contribution in [0.15, 0.2) is 71.5 Å². The summed E-state index contributed by atoms with van der Waals surface area (Å²) in [7, 11) is -3.38. The van der Waals surface area contributed by atoms with E-state index in [1.807, 2.05) is 6.07 Å². The van der Waals surface area contributed by atoms with E-state index in [0.29, 0.717) is 73.5 Å². The van der Waals surface area contributed by atoms with Gasteiger partial charge in [-0.25, -0.2) is 32.2 Å². The lowest BCUT2D eigenvalue weighted by atomic mass is 9.97. The SMILES string of the molecule is COc1ncc(-c2ccc3ncnc(N4CCN(C(=O)C5=CC(=O)CCC5)CC4)c3c2)cc1NS(=O)(=O)c1c(F)cccc1F. The molecule has 0 spiro atoms. The van der Waals surface area contributed by atoms with Gasteiger partial charge in [0.2, 0.25) is 11.8 Å². The summed E-state index contributed by atoms with van der Waals surface area (Å²) in [5.74, 6) is -2.02. The van der Waals surface area contributed by atoms with E-state index in [-0.39, 0.29) is 23.3 Å². The van der Waals surface area contributed by atoms with Crippen molar-refractivity contribution in [3.8, 4) is 17.0 Å². The van der Waals surface area contributed by atoms with Crippen LogP contribution < -0.4 is 14.4 Å². The molecule has 0 unspecified atom stereocenters. The van der Waals surface area contributed by atoms with Crippen LogP contribution in [0, 0.1) is 11.6 Å². The maximum absolute atomic E-state index is 14.3. The van der Waals surface area contributed by atoms with Gasteiger partial charge in [0.1, 0.15) is 29.5 Å². The van der Waals surface area contributed by atoms with Crippen molar-refractivity contribution in [2.24, 2.45) is 0 Å². The molecule has 0 bridgehead atoms. The number of methoxy groups -OCH3 is 1. The summed E-state index contributed by atoms with van der Waals surface area (Å²) in [4.78, 5) is 40.6. The second-order valence-corrected chi connectivity index (χ2v) is 12.3. The molecule has 2 aromatic carbocycles. The fourth-order valence-corrected chi connectivity index (χ4v) is 6.73. The number of ether oxygens (including phenoxy) is 1. The van der Waals surface area contributed by atoms with E-state index in [9.17, 15) is 26.8 Å². The van der Waals surface area contributed by atoms with E-state index in [0.717, 1.165) is 23.6 Å². The third kappa shape index (κ3) is 6.05. The standard InChI is InChI=1S/C31H28F2N6O5S/c1-44-30-27(37-45(42,43)28-24(32)6-3-7-25(28)33)16-21(17-34-30)19-8-9-26-23(15-19)29(36-18-35-26)38-10-12-39(13-11-38)31(41)20-4-2-5-22(40)14-20/h3,6-9,14-18,37H,2,4-5,10-13H2,1H3. The molecule has 1 fully saturated rings. The Labute approximate surface area is 257 Å². The van der Waals surface area contributed by atoms with Crippen LogP contribution >= 0.6 is 0 Å². The van der Waals surface area contributed by atoms with E-state index >= 15 is 0 Å². The Morgan fingerprint density at radius 1 is 0.956 bits per heavy atom. The maximum atomic E-state index is 14.3. The Kier molecular flexibility index (Phi) is 8.14. The van der Waals surface area contributed by atoms with Gasteiger partial charge in [-0.1, -0.05) is 12.1 Å². The molecule has 0 saturated carbocycles. The quantitative estimate of drug-likeness (QED) is 0.319.